The number of H-pyrrole nitrogens is 2. The predicted octanol–water partition coefficient (Wildman–Crippen LogP) is 3.30. The minimum Gasteiger partial charge on any atom is -0.494 e. The molecule has 1 atom stereocenters. The van der Waals surface area contributed by atoms with Gasteiger partial charge in [-0.2, -0.15) is 0 Å². The number of hydrogen-bond acceptors (Lipinski definition) is 4. The zero-order valence-corrected chi connectivity index (χ0v) is 15.2. The number of allylic oxidation sites excluding steroid dienone is 2. The molecule has 0 radical (unpaired) electrons. The summed E-state index contributed by atoms with van der Waals surface area (Å²) in [6.07, 6.45) is 1.26. The summed E-state index contributed by atoms with van der Waals surface area (Å²) in [5, 5.41) is 8.85. The second-order valence-corrected chi connectivity index (χ2v) is 7.76. The van der Waals surface area contributed by atoms with Gasteiger partial charge in [0.15, 0.2) is 5.78 Å². The third-order valence-corrected chi connectivity index (χ3v) is 5.11. The monoisotopic (exact) mass is 353 g/mol. The van der Waals surface area contributed by atoms with Crippen molar-refractivity contribution in [3.8, 4) is 5.75 Å². The Bertz CT molecular complexity index is 947. The van der Waals surface area contributed by atoms with E-state index in [1.54, 1.807) is 0 Å². The molecular weight excluding hydrogens is 330 g/mol. The summed E-state index contributed by atoms with van der Waals surface area (Å²) in [7, 11) is 0. The van der Waals surface area contributed by atoms with Crippen molar-refractivity contribution in [1.29, 1.82) is 0 Å². The van der Waals surface area contributed by atoms with Gasteiger partial charge in [0.1, 0.15) is 11.6 Å². The second-order valence-electron chi connectivity index (χ2n) is 7.76. The van der Waals surface area contributed by atoms with Crippen LogP contribution in [-0.4, -0.2) is 22.6 Å². The van der Waals surface area contributed by atoms with E-state index in [9.17, 15) is 9.59 Å². The molecule has 0 amide bonds. The van der Waals surface area contributed by atoms with Crippen LogP contribution in [0, 0.1) is 5.41 Å². The van der Waals surface area contributed by atoms with Crippen molar-refractivity contribution >= 4 is 11.6 Å². The van der Waals surface area contributed by atoms with Crippen LogP contribution in [0.1, 0.15) is 50.7 Å². The molecule has 1 aliphatic carbocycles. The molecular formula is C20H23N3O3. The van der Waals surface area contributed by atoms with Gasteiger partial charge in [-0.05, 0) is 36.5 Å². The maximum absolute atomic E-state index is 13.0. The number of carbonyl (C=O) groups excluding carboxylic acids is 1. The van der Waals surface area contributed by atoms with E-state index in [0.29, 0.717) is 30.0 Å². The lowest BCUT2D eigenvalue weighted by atomic mass is 9.69. The molecule has 2 heterocycles. The van der Waals surface area contributed by atoms with Gasteiger partial charge in [-0.1, -0.05) is 26.0 Å². The number of benzene rings is 1. The maximum Gasteiger partial charge on any atom is 0.270 e. The number of ketones is 1. The largest absolute Gasteiger partial charge is 0.494 e. The number of Topliss-reactive ketones (excluding diaryl/α,β-unsaturated/α-hetero) is 1. The highest BCUT2D eigenvalue weighted by Crippen LogP contribution is 2.47. The lowest BCUT2D eigenvalue weighted by Gasteiger charge is -2.37. The minimum atomic E-state index is -0.365. The molecule has 6 heteroatoms. The van der Waals surface area contributed by atoms with Gasteiger partial charge in [-0.15, -0.1) is 0 Å². The van der Waals surface area contributed by atoms with E-state index in [1.165, 1.54) is 0 Å². The zero-order valence-electron chi connectivity index (χ0n) is 15.2. The van der Waals surface area contributed by atoms with Crippen LogP contribution in [0.5, 0.6) is 5.75 Å². The van der Waals surface area contributed by atoms with Gasteiger partial charge >= 0.3 is 0 Å². The highest BCUT2D eigenvalue weighted by molar-refractivity contribution is 6.01. The van der Waals surface area contributed by atoms with Crippen LogP contribution in [0.2, 0.25) is 0 Å². The average Bonchev–Trinajstić information content (AvgIpc) is 2.94. The molecule has 1 aromatic heterocycles. The van der Waals surface area contributed by atoms with Crippen LogP contribution in [0.4, 0.5) is 5.82 Å². The van der Waals surface area contributed by atoms with Crippen molar-refractivity contribution in [1.82, 2.24) is 10.2 Å². The summed E-state index contributed by atoms with van der Waals surface area (Å²) in [5.74, 6) is 1.17. The normalized spacial score (nSPS) is 21.0. The lowest BCUT2D eigenvalue weighted by Crippen LogP contribution is -2.34. The number of rotatable bonds is 3. The highest BCUT2D eigenvalue weighted by Gasteiger charge is 2.42. The number of fused-ring (bicyclic) bond motifs is 1. The first kappa shape index (κ1) is 16.7. The molecule has 0 bridgehead atoms. The van der Waals surface area contributed by atoms with Gasteiger partial charge in [0.05, 0.1) is 12.2 Å². The van der Waals surface area contributed by atoms with E-state index in [1.807, 2.05) is 31.2 Å². The van der Waals surface area contributed by atoms with Crippen LogP contribution >= 0.6 is 0 Å². The van der Waals surface area contributed by atoms with E-state index >= 15 is 0 Å². The fraction of sp³-hybridized carbons (Fsp3) is 0.400. The standard InChI is InChI=1S/C20H23N3O3/c1-4-26-12-7-5-11(6-8-12)15-16-13(9-20(2,3)10-14(16)24)21-18-17(15)19(25)23-22-18/h5-8,15H,4,9-10H2,1-3H3,(H3,21,22,23,25)/t15-/m0/s1. The second kappa shape index (κ2) is 5.90. The molecule has 0 fully saturated rings. The van der Waals surface area contributed by atoms with Crippen LogP contribution < -0.4 is 15.6 Å². The number of anilines is 1. The Hall–Kier alpha value is -2.76. The number of ether oxygens (including phenoxy) is 1. The molecule has 0 saturated carbocycles. The molecule has 0 saturated heterocycles. The summed E-state index contributed by atoms with van der Waals surface area (Å²) in [6.45, 7) is 6.72. The first-order valence-electron chi connectivity index (χ1n) is 8.96. The van der Waals surface area contributed by atoms with E-state index < -0.39 is 0 Å². The van der Waals surface area contributed by atoms with Crippen molar-refractivity contribution < 1.29 is 9.53 Å². The fourth-order valence-electron chi connectivity index (χ4n) is 4.07. The third-order valence-electron chi connectivity index (χ3n) is 5.11. The van der Waals surface area contributed by atoms with Crippen LogP contribution in [0.15, 0.2) is 40.3 Å². The summed E-state index contributed by atoms with van der Waals surface area (Å²) in [4.78, 5) is 25.4. The first-order chi connectivity index (χ1) is 12.4. The maximum atomic E-state index is 13.0. The highest BCUT2D eigenvalue weighted by atomic mass is 16.5. The molecule has 2 aromatic rings. The van der Waals surface area contributed by atoms with Gasteiger partial charge in [0.2, 0.25) is 0 Å². The van der Waals surface area contributed by atoms with Crippen LogP contribution in [-0.2, 0) is 4.79 Å². The lowest BCUT2D eigenvalue weighted by molar-refractivity contribution is -0.118. The Morgan fingerprint density at radius 1 is 1.12 bits per heavy atom. The van der Waals surface area contributed by atoms with E-state index in [0.717, 1.165) is 23.4 Å². The van der Waals surface area contributed by atoms with Gasteiger partial charge in [0.25, 0.3) is 5.56 Å². The summed E-state index contributed by atoms with van der Waals surface area (Å²) >= 11 is 0. The van der Waals surface area contributed by atoms with Gasteiger partial charge in [-0.3, -0.25) is 19.8 Å². The Balaban J connectivity index is 1.86. The third kappa shape index (κ3) is 2.66. The Kier molecular flexibility index (Phi) is 3.79. The fourth-order valence-corrected chi connectivity index (χ4v) is 4.07. The van der Waals surface area contributed by atoms with Crippen molar-refractivity contribution in [2.24, 2.45) is 5.41 Å². The molecule has 3 N–H and O–H groups in total. The molecule has 0 spiro atoms. The Morgan fingerprint density at radius 2 is 1.85 bits per heavy atom. The van der Waals surface area contributed by atoms with E-state index in [2.05, 4.69) is 29.4 Å². The number of aromatic amines is 2. The molecule has 1 aliphatic heterocycles. The van der Waals surface area contributed by atoms with Crippen molar-refractivity contribution in [3.63, 3.8) is 0 Å². The zero-order chi connectivity index (χ0) is 18.5. The summed E-state index contributed by atoms with van der Waals surface area (Å²) in [5.41, 5.74) is 2.82. The molecule has 136 valence electrons. The van der Waals surface area contributed by atoms with Gasteiger partial charge in [0, 0.05) is 23.6 Å². The number of aromatic nitrogens is 2. The molecule has 4 rings (SSSR count). The summed E-state index contributed by atoms with van der Waals surface area (Å²) in [6, 6.07) is 7.65. The molecule has 6 nitrogen and oxygen atoms in total. The van der Waals surface area contributed by atoms with E-state index in [-0.39, 0.29) is 22.7 Å². The SMILES string of the molecule is CCOc1ccc([C@H]2C3=C(CC(C)(C)CC3=O)Nc3[nH][nH]c(=O)c32)cc1. The van der Waals surface area contributed by atoms with Crippen LogP contribution in [0.25, 0.3) is 0 Å². The van der Waals surface area contributed by atoms with Gasteiger partial charge in [-0.25, -0.2) is 0 Å². The quantitative estimate of drug-likeness (QED) is 0.790. The van der Waals surface area contributed by atoms with Crippen molar-refractivity contribution in [3.05, 3.63) is 57.0 Å². The number of carbonyl (C=O) groups is 1. The van der Waals surface area contributed by atoms with Crippen molar-refractivity contribution in [2.45, 2.75) is 39.5 Å². The average molecular weight is 353 g/mol. The Labute approximate surface area is 151 Å². The summed E-state index contributed by atoms with van der Waals surface area (Å²) < 4.78 is 5.52. The van der Waals surface area contributed by atoms with E-state index in [4.69, 9.17) is 4.74 Å². The van der Waals surface area contributed by atoms with Gasteiger partial charge < -0.3 is 10.1 Å². The molecule has 0 unspecified atom stereocenters. The molecule has 2 aliphatic rings. The predicted molar refractivity (Wildman–Crippen MR) is 99.5 cm³/mol. The molecule has 26 heavy (non-hydrogen) atoms. The smallest absolute Gasteiger partial charge is 0.270 e. The van der Waals surface area contributed by atoms with Crippen LogP contribution in [0.3, 0.4) is 0 Å². The molecule has 1 aromatic carbocycles. The number of nitrogens with one attached hydrogen (secondary N) is 3. The topological polar surface area (TPSA) is 87.0 Å². The van der Waals surface area contributed by atoms with Crippen molar-refractivity contribution in [2.75, 3.05) is 11.9 Å². The number of hydrogen-bond donors (Lipinski definition) is 3. The first-order valence-corrected chi connectivity index (χ1v) is 8.96. The minimum absolute atomic E-state index is 0.0968. The Morgan fingerprint density at radius 3 is 2.54 bits per heavy atom.